The van der Waals surface area contributed by atoms with E-state index in [2.05, 4.69) is 10.3 Å². The van der Waals surface area contributed by atoms with Crippen LogP contribution < -0.4 is 10.1 Å². The molecule has 2 rings (SSSR count). The molecular formula is C13H13Cl2N3O2. The van der Waals surface area contributed by atoms with Crippen LogP contribution in [0.5, 0.6) is 5.75 Å². The van der Waals surface area contributed by atoms with Crippen molar-refractivity contribution in [2.75, 3.05) is 12.4 Å². The summed E-state index contributed by atoms with van der Waals surface area (Å²) in [5.41, 5.74) is 1.42. The lowest BCUT2D eigenvalue weighted by molar-refractivity contribution is -0.116. The third-order valence-electron chi connectivity index (χ3n) is 2.73. The van der Waals surface area contributed by atoms with Gasteiger partial charge in [0.05, 0.1) is 12.8 Å². The van der Waals surface area contributed by atoms with Crippen molar-refractivity contribution < 1.29 is 9.53 Å². The van der Waals surface area contributed by atoms with Crippen molar-refractivity contribution in [1.29, 1.82) is 0 Å². The van der Waals surface area contributed by atoms with E-state index in [0.29, 0.717) is 16.5 Å². The summed E-state index contributed by atoms with van der Waals surface area (Å²) >= 11 is 11.8. The predicted octanol–water partition coefficient (Wildman–Crippen LogP) is 3.15. The molecular weight excluding hydrogens is 301 g/mol. The molecule has 5 nitrogen and oxygen atoms in total. The van der Waals surface area contributed by atoms with Gasteiger partial charge >= 0.3 is 0 Å². The second-order valence-electron chi connectivity index (χ2n) is 4.17. The highest BCUT2D eigenvalue weighted by Gasteiger charge is 2.11. The Hall–Kier alpha value is -1.72. The van der Waals surface area contributed by atoms with Crippen molar-refractivity contribution in [3.63, 3.8) is 0 Å². The first-order valence-electron chi connectivity index (χ1n) is 5.82. The SMILES string of the molecule is COc1cc(Cl)c(C)cc1NC(=O)Cn1ccnc1Cl. The molecule has 0 radical (unpaired) electrons. The summed E-state index contributed by atoms with van der Waals surface area (Å²) in [6, 6.07) is 3.42. The molecule has 20 heavy (non-hydrogen) atoms. The Morgan fingerprint density at radius 3 is 2.80 bits per heavy atom. The maximum atomic E-state index is 12.0. The van der Waals surface area contributed by atoms with Crippen LogP contribution in [0.4, 0.5) is 5.69 Å². The molecule has 0 bridgehead atoms. The zero-order chi connectivity index (χ0) is 14.7. The number of nitrogens with zero attached hydrogens (tertiary/aromatic N) is 2. The van der Waals surface area contributed by atoms with E-state index < -0.39 is 0 Å². The number of aromatic nitrogens is 2. The third kappa shape index (κ3) is 3.23. The van der Waals surface area contributed by atoms with E-state index in [1.54, 1.807) is 18.3 Å². The van der Waals surface area contributed by atoms with Crippen LogP contribution in [0.1, 0.15) is 5.56 Å². The maximum Gasteiger partial charge on any atom is 0.244 e. The van der Waals surface area contributed by atoms with Crippen LogP contribution in [0.3, 0.4) is 0 Å². The van der Waals surface area contributed by atoms with Crippen LogP contribution in [-0.4, -0.2) is 22.6 Å². The van der Waals surface area contributed by atoms with Crippen molar-refractivity contribution in [3.05, 3.63) is 40.4 Å². The van der Waals surface area contributed by atoms with Crippen molar-refractivity contribution in [2.45, 2.75) is 13.5 Å². The van der Waals surface area contributed by atoms with Gasteiger partial charge in [-0.25, -0.2) is 4.98 Å². The van der Waals surface area contributed by atoms with E-state index in [9.17, 15) is 4.79 Å². The van der Waals surface area contributed by atoms with Crippen LogP contribution in [0.15, 0.2) is 24.5 Å². The minimum atomic E-state index is -0.232. The molecule has 0 atom stereocenters. The number of halogens is 2. The fourth-order valence-corrected chi connectivity index (χ4v) is 2.03. The lowest BCUT2D eigenvalue weighted by atomic mass is 10.2. The minimum absolute atomic E-state index is 0.0731. The summed E-state index contributed by atoms with van der Waals surface area (Å²) in [7, 11) is 1.52. The van der Waals surface area contributed by atoms with Gasteiger partial charge in [0.25, 0.3) is 0 Å². The number of carbonyl (C=O) groups excluding carboxylic acids is 1. The monoisotopic (exact) mass is 313 g/mol. The lowest BCUT2D eigenvalue weighted by Gasteiger charge is -2.12. The molecule has 7 heteroatoms. The van der Waals surface area contributed by atoms with Gasteiger partial charge in [-0.1, -0.05) is 11.6 Å². The Morgan fingerprint density at radius 1 is 1.45 bits per heavy atom. The average molecular weight is 314 g/mol. The zero-order valence-corrected chi connectivity index (χ0v) is 12.5. The molecule has 1 N–H and O–H groups in total. The minimum Gasteiger partial charge on any atom is -0.495 e. The number of ether oxygens (including phenoxy) is 1. The van der Waals surface area contributed by atoms with Crippen molar-refractivity contribution in [1.82, 2.24) is 9.55 Å². The summed E-state index contributed by atoms with van der Waals surface area (Å²) < 4.78 is 6.73. The van der Waals surface area contributed by atoms with Crippen molar-refractivity contribution in [2.24, 2.45) is 0 Å². The van der Waals surface area contributed by atoms with Crippen LogP contribution in [0.2, 0.25) is 10.3 Å². The molecule has 1 amide bonds. The third-order valence-corrected chi connectivity index (χ3v) is 3.46. The number of methoxy groups -OCH3 is 1. The van der Waals surface area contributed by atoms with E-state index in [4.69, 9.17) is 27.9 Å². The Morgan fingerprint density at radius 2 is 2.20 bits per heavy atom. The number of rotatable bonds is 4. The average Bonchev–Trinajstić information content (AvgIpc) is 2.79. The lowest BCUT2D eigenvalue weighted by Crippen LogP contribution is -2.19. The Labute approximate surface area is 126 Å². The number of aryl methyl sites for hydroxylation is 1. The van der Waals surface area contributed by atoms with Crippen molar-refractivity contribution >= 4 is 34.8 Å². The van der Waals surface area contributed by atoms with Gasteiger partial charge < -0.3 is 14.6 Å². The van der Waals surface area contributed by atoms with E-state index in [1.165, 1.54) is 17.9 Å². The Balaban J connectivity index is 2.15. The van der Waals surface area contributed by atoms with Gasteiger partial charge in [0, 0.05) is 23.5 Å². The Kier molecular flexibility index (Phi) is 4.52. The molecule has 0 saturated heterocycles. The number of carbonyl (C=O) groups is 1. The summed E-state index contributed by atoms with van der Waals surface area (Å²) in [5.74, 6) is 0.274. The summed E-state index contributed by atoms with van der Waals surface area (Å²) in [6.07, 6.45) is 3.16. The highest BCUT2D eigenvalue weighted by atomic mass is 35.5. The number of amides is 1. The molecule has 2 aromatic rings. The van der Waals surface area contributed by atoms with Gasteiger partial charge in [-0.3, -0.25) is 4.79 Å². The molecule has 0 saturated carbocycles. The molecule has 0 aliphatic heterocycles. The van der Waals surface area contributed by atoms with Gasteiger partial charge in [-0.05, 0) is 30.2 Å². The number of hydrogen-bond donors (Lipinski definition) is 1. The van der Waals surface area contributed by atoms with Crippen LogP contribution in [0.25, 0.3) is 0 Å². The fourth-order valence-electron chi connectivity index (χ4n) is 1.70. The molecule has 0 aliphatic rings. The fraction of sp³-hybridized carbons (Fsp3) is 0.231. The molecule has 0 unspecified atom stereocenters. The van der Waals surface area contributed by atoms with Crippen LogP contribution in [0, 0.1) is 6.92 Å². The number of benzene rings is 1. The molecule has 1 aromatic heterocycles. The number of nitrogens with one attached hydrogen (secondary N) is 1. The highest BCUT2D eigenvalue weighted by Crippen LogP contribution is 2.30. The van der Waals surface area contributed by atoms with Gasteiger partial charge in [-0.15, -0.1) is 0 Å². The second-order valence-corrected chi connectivity index (χ2v) is 4.92. The van der Waals surface area contributed by atoms with Gasteiger partial charge in [0.1, 0.15) is 12.3 Å². The van der Waals surface area contributed by atoms with Crippen LogP contribution in [-0.2, 0) is 11.3 Å². The molecule has 0 spiro atoms. The topological polar surface area (TPSA) is 56.1 Å². The zero-order valence-electron chi connectivity index (χ0n) is 11.0. The molecule has 1 heterocycles. The summed E-state index contributed by atoms with van der Waals surface area (Å²) in [5, 5.41) is 3.61. The molecule has 0 aliphatic carbocycles. The first-order valence-corrected chi connectivity index (χ1v) is 6.57. The standard InChI is InChI=1S/C13H13Cl2N3O2/c1-8-5-10(11(20-2)6-9(8)14)17-12(19)7-18-4-3-16-13(18)15/h3-6H,7H2,1-2H3,(H,17,19). The first kappa shape index (κ1) is 14.7. The van der Waals surface area contributed by atoms with Gasteiger partial charge in [0.15, 0.2) is 0 Å². The summed E-state index contributed by atoms with van der Waals surface area (Å²) in [4.78, 5) is 15.8. The summed E-state index contributed by atoms with van der Waals surface area (Å²) in [6.45, 7) is 1.92. The largest absolute Gasteiger partial charge is 0.495 e. The molecule has 106 valence electrons. The normalized spacial score (nSPS) is 10.4. The van der Waals surface area contributed by atoms with Gasteiger partial charge in [0.2, 0.25) is 11.2 Å². The van der Waals surface area contributed by atoms with E-state index >= 15 is 0 Å². The van der Waals surface area contributed by atoms with Gasteiger partial charge in [-0.2, -0.15) is 0 Å². The number of hydrogen-bond acceptors (Lipinski definition) is 3. The highest BCUT2D eigenvalue weighted by molar-refractivity contribution is 6.31. The second kappa shape index (κ2) is 6.15. The Bertz CT molecular complexity index is 641. The maximum absolute atomic E-state index is 12.0. The number of imidazole rings is 1. The quantitative estimate of drug-likeness (QED) is 0.943. The van der Waals surface area contributed by atoms with Crippen LogP contribution >= 0.6 is 23.2 Å². The smallest absolute Gasteiger partial charge is 0.244 e. The van der Waals surface area contributed by atoms with E-state index in [1.807, 2.05) is 6.92 Å². The van der Waals surface area contributed by atoms with E-state index in [-0.39, 0.29) is 17.7 Å². The predicted molar refractivity (Wildman–Crippen MR) is 78.6 cm³/mol. The van der Waals surface area contributed by atoms with Crippen molar-refractivity contribution in [3.8, 4) is 5.75 Å². The number of anilines is 1. The molecule has 0 fully saturated rings. The van der Waals surface area contributed by atoms with E-state index in [0.717, 1.165) is 5.56 Å². The molecule has 1 aromatic carbocycles. The first-order chi connectivity index (χ1) is 9.51.